The van der Waals surface area contributed by atoms with Crippen molar-refractivity contribution in [1.29, 1.82) is 0 Å². The minimum atomic E-state index is -1.04. The maximum atomic E-state index is 13.9. The van der Waals surface area contributed by atoms with E-state index in [1.807, 2.05) is 0 Å². The molecule has 1 saturated heterocycles. The molecule has 0 bridgehead atoms. The standard InChI is InChI=1S/C13H16F2N2O2S/c1-18-13(4-5-19-7-13)6-17-9-3-2-8(12(16)20)10(14)11(9)15/h2-3,17H,4-7H2,1H3,(H2,16,20). The summed E-state index contributed by atoms with van der Waals surface area (Å²) in [6.45, 7) is 1.34. The average Bonchev–Trinajstić information content (AvgIpc) is 2.89. The third kappa shape index (κ3) is 2.89. The van der Waals surface area contributed by atoms with E-state index < -0.39 is 17.2 Å². The number of hydrogen-bond donors (Lipinski definition) is 2. The van der Waals surface area contributed by atoms with Gasteiger partial charge in [0.25, 0.3) is 0 Å². The van der Waals surface area contributed by atoms with Crippen molar-refractivity contribution in [1.82, 2.24) is 0 Å². The number of benzene rings is 1. The van der Waals surface area contributed by atoms with Crippen LogP contribution in [-0.2, 0) is 9.47 Å². The lowest BCUT2D eigenvalue weighted by Crippen LogP contribution is -2.39. The molecule has 1 atom stereocenters. The van der Waals surface area contributed by atoms with E-state index in [9.17, 15) is 8.78 Å². The summed E-state index contributed by atoms with van der Waals surface area (Å²) in [5.74, 6) is -2.04. The molecule has 3 N–H and O–H groups in total. The van der Waals surface area contributed by atoms with E-state index in [4.69, 9.17) is 15.2 Å². The van der Waals surface area contributed by atoms with E-state index in [0.29, 0.717) is 26.2 Å². The number of thiocarbonyl (C=S) groups is 1. The summed E-state index contributed by atoms with van der Waals surface area (Å²) in [7, 11) is 1.57. The van der Waals surface area contributed by atoms with Crippen LogP contribution in [0.5, 0.6) is 0 Å². The maximum absolute atomic E-state index is 13.9. The lowest BCUT2D eigenvalue weighted by Gasteiger charge is -2.26. The molecule has 1 heterocycles. The van der Waals surface area contributed by atoms with Crippen LogP contribution >= 0.6 is 12.2 Å². The summed E-state index contributed by atoms with van der Waals surface area (Å²) in [5.41, 5.74) is 4.75. The van der Waals surface area contributed by atoms with Crippen molar-refractivity contribution < 1.29 is 18.3 Å². The predicted molar refractivity (Wildman–Crippen MR) is 75.9 cm³/mol. The lowest BCUT2D eigenvalue weighted by atomic mass is 10.0. The second-order valence-electron chi connectivity index (χ2n) is 4.70. The van der Waals surface area contributed by atoms with E-state index in [0.717, 1.165) is 0 Å². The van der Waals surface area contributed by atoms with Crippen LogP contribution in [0.1, 0.15) is 12.0 Å². The van der Waals surface area contributed by atoms with E-state index in [2.05, 4.69) is 17.5 Å². The second kappa shape index (κ2) is 5.99. The number of hydrogen-bond acceptors (Lipinski definition) is 4. The molecular weight excluding hydrogens is 286 g/mol. The maximum Gasteiger partial charge on any atom is 0.182 e. The Morgan fingerprint density at radius 3 is 2.80 bits per heavy atom. The SMILES string of the molecule is COC1(CNc2ccc(C(N)=S)c(F)c2F)CCOC1. The third-order valence-electron chi connectivity index (χ3n) is 3.45. The summed E-state index contributed by atoms with van der Waals surface area (Å²) >= 11 is 4.66. The molecule has 0 spiro atoms. The summed E-state index contributed by atoms with van der Waals surface area (Å²) in [4.78, 5) is -0.175. The predicted octanol–water partition coefficient (Wildman–Crippen LogP) is 1.82. The summed E-state index contributed by atoms with van der Waals surface area (Å²) < 4.78 is 38.3. The van der Waals surface area contributed by atoms with E-state index in [1.54, 1.807) is 7.11 Å². The van der Waals surface area contributed by atoms with Crippen LogP contribution < -0.4 is 11.1 Å². The van der Waals surface area contributed by atoms with Gasteiger partial charge in [0.1, 0.15) is 10.6 Å². The Morgan fingerprint density at radius 1 is 1.50 bits per heavy atom. The van der Waals surface area contributed by atoms with Crippen LogP contribution in [0, 0.1) is 11.6 Å². The number of nitrogens with one attached hydrogen (secondary N) is 1. The van der Waals surface area contributed by atoms with Gasteiger partial charge in [0, 0.05) is 32.2 Å². The van der Waals surface area contributed by atoms with Crippen molar-refractivity contribution >= 4 is 22.9 Å². The summed E-state index contributed by atoms with van der Waals surface area (Å²) in [6, 6.07) is 2.76. The van der Waals surface area contributed by atoms with Crippen LogP contribution in [0.4, 0.5) is 14.5 Å². The van der Waals surface area contributed by atoms with Crippen molar-refractivity contribution in [2.45, 2.75) is 12.0 Å². The largest absolute Gasteiger partial charge is 0.389 e. The molecule has 0 radical (unpaired) electrons. The van der Waals surface area contributed by atoms with Gasteiger partial charge < -0.3 is 20.5 Å². The van der Waals surface area contributed by atoms with Crippen molar-refractivity contribution in [3.63, 3.8) is 0 Å². The highest BCUT2D eigenvalue weighted by atomic mass is 32.1. The van der Waals surface area contributed by atoms with Crippen molar-refractivity contribution in [3.05, 3.63) is 29.3 Å². The Bertz CT molecular complexity index is 519. The molecule has 20 heavy (non-hydrogen) atoms. The van der Waals surface area contributed by atoms with Gasteiger partial charge in [0.05, 0.1) is 12.3 Å². The first-order valence-electron chi connectivity index (χ1n) is 6.14. The molecule has 0 aliphatic carbocycles. The fourth-order valence-electron chi connectivity index (χ4n) is 2.09. The first-order chi connectivity index (χ1) is 9.49. The summed E-state index contributed by atoms with van der Waals surface area (Å²) in [5, 5.41) is 2.85. The van der Waals surface area contributed by atoms with Gasteiger partial charge in [0.15, 0.2) is 11.6 Å². The molecule has 110 valence electrons. The molecule has 1 aliphatic heterocycles. The van der Waals surface area contributed by atoms with E-state index in [1.165, 1.54) is 12.1 Å². The molecule has 1 fully saturated rings. The Hall–Kier alpha value is -1.31. The zero-order valence-corrected chi connectivity index (χ0v) is 11.9. The molecule has 0 amide bonds. The lowest BCUT2D eigenvalue weighted by molar-refractivity contribution is -0.00624. The fourth-order valence-corrected chi connectivity index (χ4v) is 2.25. The topological polar surface area (TPSA) is 56.5 Å². The Balaban J connectivity index is 2.14. The monoisotopic (exact) mass is 302 g/mol. The number of ether oxygens (including phenoxy) is 2. The van der Waals surface area contributed by atoms with Crippen molar-refractivity contribution in [3.8, 4) is 0 Å². The van der Waals surface area contributed by atoms with Gasteiger partial charge in [-0.3, -0.25) is 0 Å². The average molecular weight is 302 g/mol. The minimum absolute atomic E-state index is 0.0471. The van der Waals surface area contributed by atoms with Crippen molar-refractivity contribution in [2.75, 3.05) is 32.2 Å². The van der Waals surface area contributed by atoms with Gasteiger partial charge in [-0.05, 0) is 12.1 Å². The van der Waals surface area contributed by atoms with E-state index in [-0.39, 0.29) is 16.2 Å². The Labute approximate surface area is 121 Å². The molecule has 1 aromatic rings. The quantitative estimate of drug-likeness (QED) is 0.813. The van der Waals surface area contributed by atoms with Crippen LogP contribution in [0.15, 0.2) is 12.1 Å². The molecule has 7 heteroatoms. The molecule has 2 rings (SSSR count). The minimum Gasteiger partial charge on any atom is -0.389 e. The van der Waals surface area contributed by atoms with Gasteiger partial charge in [-0.25, -0.2) is 8.78 Å². The van der Waals surface area contributed by atoms with E-state index >= 15 is 0 Å². The Kier molecular flexibility index (Phi) is 4.52. The smallest absolute Gasteiger partial charge is 0.182 e. The number of methoxy groups -OCH3 is 1. The zero-order chi connectivity index (χ0) is 14.8. The first-order valence-corrected chi connectivity index (χ1v) is 6.54. The highest BCUT2D eigenvalue weighted by molar-refractivity contribution is 7.80. The normalized spacial score (nSPS) is 21.9. The number of rotatable bonds is 5. The number of nitrogens with two attached hydrogens (primary N) is 1. The van der Waals surface area contributed by atoms with Crippen LogP contribution in [0.2, 0.25) is 0 Å². The van der Waals surface area contributed by atoms with Gasteiger partial charge in [0.2, 0.25) is 0 Å². The molecular formula is C13H16F2N2O2S. The fraction of sp³-hybridized carbons (Fsp3) is 0.462. The molecule has 0 aromatic heterocycles. The third-order valence-corrected chi connectivity index (χ3v) is 3.67. The molecule has 0 saturated carbocycles. The zero-order valence-electron chi connectivity index (χ0n) is 11.0. The number of anilines is 1. The second-order valence-corrected chi connectivity index (χ2v) is 5.14. The van der Waals surface area contributed by atoms with Gasteiger partial charge in [-0.15, -0.1) is 0 Å². The number of halogens is 2. The van der Waals surface area contributed by atoms with Crippen LogP contribution in [0.3, 0.4) is 0 Å². The van der Waals surface area contributed by atoms with Crippen molar-refractivity contribution in [2.24, 2.45) is 5.73 Å². The summed E-state index contributed by atoms with van der Waals surface area (Å²) in [6.07, 6.45) is 0.700. The molecule has 1 unspecified atom stereocenters. The van der Waals surface area contributed by atoms with Gasteiger partial charge in [-0.1, -0.05) is 12.2 Å². The molecule has 1 aliphatic rings. The van der Waals surface area contributed by atoms with Crippen LogP contribution in [0.25, 0.3) is 0 Å². The molecule has 1 aromatic carbocycles. The molecule has 4 nitrogen and oxygen atoms in total. The highest BCUT2D eigenvalue weighted by Gasteiger charge is 2.35. The highest BCUT2D eigenvalue weighted by Crippen LogP contribution is 2.25. The first kappa shape index (κ1) is 15.1. The van der Waals surface area contributed by atoms with Crippen LogP contribution in [-0.4, -0.2) is 37.5 Å². The van der Waals surface area contributed by atoms with Gasteiger partial charge in [-0.2, -0.15) is 0 Å². The van der Waals surface area contributed by atoms with Gasteiger partial charge >= 0.3 is 0 Å². The Morgan fingerprint density at radius 2 is 2.25 bits per heavy atom.